The molecule has 16 heavy (non-hydrogen) atoms. The molecule has 1 aromatic rings. The van der Waals surface area contributed by atoms with Gasteiger partial charge in [-0.25, -0.2) is 0 Å². The van der Waals surface area contributed by atoms with Crippen LogP contribution in [-0.2, 0) is 13.6 Å². The van der Waals surface area contributed by atoms with Crippen molar-refractivity contribution in [2.45, 2.75) is 12.7 Å². The van der Waals surface area contributed by atoms with Gasteiger partial charge in [0.25, 0.3) is 0 Å². The third kappa shape index (κ3) is 4.63. The third-order valence-corrected chi connectivity index (χ3v) is 2.00. The van der Waals surface area contributed by atoms with Crippen LogP contribution in [0.1, 0.15) is 5.69 Å². The van der Waals surface area contributed by atoms with Crippen LogP contribution >= 0.6 is 0 Å². The van der Waals surface area contributed by atoms with Gasteiger partial charge in [-0.15, -0.1) is 0 Å². The fourth-order valence-electron chi connectivity index (χ4n) is 1.43. The highest BCUT2D eigenvalue weighted by Gasteiger charge is 2.30. The maximum Gasteiger partial charge on any atom is 0.401 e. The van der Waals surface area contributed by atoms with E-state index < -0.39 is 12.7 Å². The van der Waals surface area contributed by atoms with Gasteiger partial charge in [-0.3, -0.25) is 9.58 Å². The molecule has 1 heterocycles. The second kappa shape index (κ2) is 5.31. The smallest absolute Gasteiger partial charge is 0.329 e. The zero-order valence-electron chi connectivity index (χ0n) is 9.04. The summed E-state index contributed by atoms with van der Waals surface area (Å²) in [5, 5.41) is 4.03. The van der Waals surface area contributed by atoms with Gasteiger partial charge in [-0.2, -0.15) is 18.3 Å². The Kier molecular flexibility index (Phi) is 4.31. The summed E-state index contributed by atoms with van der Waals surface area (Å²) in [7, 11) is 1.72. The minimum absolute atomic E-state index is 0.164. The molecule has 0 aliphatic heterocycles. The number of aryl methyl sites for hydroxylation is 1. The summed E-state index contributed by atoms with van der Waals surface area (Å²) in [6, 6.07) is 1.69. The maximum atomic E-state index is 12.2. The van der Waals surface area contributed by atoms with E-state index in [4.69, 9.17) is 5.73 Å². The molecule has 0 saturated carbocycles. The van der Waals surface area contributed by atoms with Crippen molar-refractivity contribution < 1.29 is 13.2 Å². The quantitative estimate of drug-likeness (QED) is 0.820. The second-order valence-corrected chi connectivity index (χ2v) is 3.60. The van der Waals surface area contributed by atoms with Crippen LogP contribution in [0, 0.1) is 0 Å². The number of hydrogen-bond donors (Lipinski definition) is 1. The zero-order valence-corrected chi connectivity index (χ0v) is 9.04. The Morgan fingerprint density at radius 1 is 1.50 bits per heavy atom. The van der Waals surface area contributed by atoms with E-state index in [-0.39, 0.29) is 19.6 Å². The zero-order chi connectivity index (χ0) is 12.2. The average molecular weight is 236 g/mol. The Balaban J connectivity index is 2.57. The molecule has 0 saturated heterocycles. The van der Waals surface area contributed by atoms with Crippen molar-refractivity contribution in [2.24, 2.45) is 12.8 Å². The minimum atomic E-state index is -4.20. The first-order valence-electron chi connectivity index (χ1n) is 4.88. The highest BCUT2D eigenvalue weighted by molar-refractivity contribution is 4.98. The number of aromatic nitrogens is 2. The molecule has 1 aromatic heterocycles. The highest BCUT2D eigenvalue weighted by atomic mass is 19.4. The molecule has 0 fully saturated rings. The predicted molar refractivity (Wildman–Crippen MR) is 53.6 cm³/mol. The van der Waals surface area contributed by atoms with Gasteiger partial charge >= 0.3 is 6.18 Å². The van der Waals surface area contributed by atoms with Crippen molar-refractivity contribution in [3.05, 3.63) is 18.0 Å². The number of halogens is 3. The summed E-state index contributed by atoms with van der Waals surface area (Å²) < 4.78 is 38.2. The highest BCUT2D eigenvalue weighted by Crippen LogP contribution is 2.17. The Morgan fingerprint density at radius 3 is 2.62 bits per heavy atom. The van der Waals surface area contributed by atoms with Gasteiger partial charge < -0.3 is 5.73 Å². The molecule has 0 atom stereocenters. The first-order chi connectivity index (χ1) is 7.40. The molecule has 7 heteroatoms. The molecule has 0 bridgehead atoms. The molecule has 0 radical (unpaired) electrons. The molecule has 1 rings (SSSR count). The Morgan fingerprint density at radius 2 is 2.19 bits per heavy atom. The van der Waals surface area contributed by atoms with Crippen molar-refractivity contribution in [3.8, 4) is 0 Å². The average Bonchev–Trinajstić information content (AvgIpc) is 2.48. The summed E-state index contributed by atoms with van der Waals surface area (Å²) in [5.74, 6) is 0. The molecule has 92 valence electrons. The number of nitrogens with zero attached hydrogens (tertiary/aromatic N) is 3. The van der Waals surface area contributed by atoms with Crippen LogP contribution in [0.3, 0.4) is 0 Å². The van der Waals surface area contributed by atoms with Crippen LogP contribution in [0.2, 0.25) is 0 Å². The SMILES string of the molecule is Cn1ccc(CN(CCN)CC(F)(F)F)n1. The normalized spacial score (nSPS) is 12.4. The van der Waals surface area contributed by atoms with Crippen molar-refractivity contribution in [1.29, 1.82) is 0 Å². The van der Waals surface area contributed by atoms with Crippen LogP contribution < -0.4 is 5.73 Å². The van der Waals surface area contributed by atoms with Crippen molar-refractivity contribution in [1.82, 2.24) is 14.7 Å². The summed E-state index contributed by atoms with van der Waals surface area (Å²) in [6.07, 6.45) is -2.51. The van der Waals surface area contributed by atoms with Crippen LogP contribution in [0.5, 0.6) is 0 Å². The fraction of sp³-hybridized carbons (Fsp3) is 0.667. The fourth-order valence-corrected chi connectivity index (χ4v) is 1.43. The van der Waals surface area contributed by atoms with Gasteiger partial charge in [0.1, 0.15) is 0 Å². The maximum absolute atomic E-state index is 12.2. The molecule has 0 amide bonds. The standard InChI is InChI=1S/C9H15F3N4/c1-15-4-2-8(14-15)6-16(5-3-13)7-9(10,11)12/h2,4H,3,5-7,13H2,1H3. The summed E-state index contributed by atoms with van der Waals surface area (Å²) >= 11 is 0. The van der Waals surface area contributed by atoms with Crippen LogP contribution in [-0.4, -0.2) is 40.5 Å². The molecule has 0 aromatic carbocycles. The van der Waals surface area contributed by atoms with E-state index in [2.05, 4.69) is 5.10 Å². The van der Waals surface area contributed by atoms with Crippen LogP contribution in [0.15, 0.2) is 12.3 Å². The molecule has 4 nitrogen and oxygen atoms in total. The molecule has 0 unspecified atom stereocenters. The van der Waals surface area contributed by atoms with Crippen LogP contribution in [0.25, 0.3) is 0 Å². The minimum Gasteiger partial charge on any atom is -0.329 e. The predicted octanol–water partition coefficient (Wildman–Crippen LogP) is 0.743. The first-order valence-corrected chi connectivity index (χ1v) is 4.88. The van der Waals surface area contributed by atoms with E-state index in [1.807, 2.05) is 0 Å². The Hall–Kier alpha value is -1.08. The van der Waals surface area contributed by atoms with Crippen LogP contribution in [0.4, 0.5) is 13.2 Å². The molecular formula is C9H15F3N4. The van der Waals surface area contributed by atoms with E-state index in [0.717, 1.165) is 0 Å². The monoisotopic (exact) mass is 236 g/mol. The summed E-state index contributed by atoms with van der Waals surface area (Å²) in [6.45, 7) is -0.392. The summed E-state index contributed by atoms with van der Waals surface area (Å²) in [4.78, 5) is 1.24. The van der Waals surface area contributed by atoms with E-state index in [9.17, 15) is 13.2 Å². The number of alkyl halides is 3. The lowest BCUT2D eigenvalue weighted by molar-refractivity contribution is -0.146. The lowest BCUT2D eigenvalue weighted by Gasteiger charge is -2.21. The summed E-state index contributed by atoms with van der Waals surface area (Å²) in [5.41, 5.74) is 5.88. The van der Waals surface area contributed by atoms with Gasteiger partial charge in [0.15, 0.2) is 0 Å². The Bertz CT molecular complexity index is 321. The van der Waals surface area contributed by atoms with E-state index in [1.54, 1.807) is 24.0 Å². The second-order valence-electron chi connectivity index (χ2n) is 3.60. The van der Waals surface area contributed by atoms with Crippen molar-refractivity contribution >= 4 is 0 Å². The van der Waals surface area contributed by atoms with Crippen molar-refractivity contribution in [2.75, 3.05) is 19.6 Å². The molecule has 0 spiro atoms. The van der Waals surface area contributed by atoms with Gasteiger partial charge in [-0.05, 0) is 6.07 Å². The topological polar surface area (TPSA) is 47.1 Å². The first kappa shape index (κ1) is 13.0. The number of nitrogens with two attached hydrogens (primary N) is 1. The van der Waals surface area contributed by atoms with Gasteiger partial charge in [-0.1, -0.05) is 0 Å². The molecule has 0 aliphatic carbocycles. The number of rotatable bonds is 5. The lowest BCUT2D eigenvalue weighted by Crippen LogP contribution is -2.37. The van der Waals surface area contributed by atoms with E-state index in [0.29, 0.717) is 5.69 Å². The molecular weight excluding hydrogens is 221 g/mol. The van der Waals surface area contributed by atoms with Gasteiger partial charge in [0.05, 0.1) is 12.2 Å². The Labute approximate surface area is 91.8 Å². The van der Waals surface area contributed by atoms with E-state index in [1.165, 1.54) is 4.90 Å². The lowest BCUT2D eigenvalue weighted by atomic mass is 10.3. The molecule has 2 N–H and O–H groups in total. The largest absolute Gasteiger partial charge is 0.401 e. The third-order valence-electron chi connectivity index (χ3n) is 2.00. The number of hydrogen-bond acceptors (Lipinski definition) is 3. The van der Waals surface area contributed by atoms with Gasteiger partial charge in [0.2, 0.25) is 0 Å². The van der Waals surface area contributed by atoms with E-state index >= 15 is 0 Å². The van der Waals surface area contributed by atoms with Crippen molar-refractivity contribution in [3.63, 3.8) is 0 Å². The van der Waals surface area contributed by atoms with Gasteiger partial charge in [0, 0.05) is 32.9 Å². The molecule has 0 aliphatic rings.